The zero-order valence-corrected chi connectivity index (χ0v) is 58.0. The second-order valence-electron chi connectivity index (χ2n) is 26.1. The van der Waals surface area contributed by atoms with E-state index in [1.807, 2.05) is 33.3 Å². The molecule has 0 heterocycles. The third-order valence-electron chi connectivity index (χ3n) is 16.4. The topological polar surface area (TPSA) is 114 Å². The largest absolute Gasteiger partial charge is 0.756 e. The van der Waals surface area contributed by atoms with Crippen LogP contribution in [0.15, 0.2) is 60.8 Å². The van der Waals surface area contributed by atoms with Gasteiger partial charge in [-0.15, -0.1) is 0 Å². The van der Waals surface area contributed by atoms with Crippen LogP contribution in [0.3, 0.4) is 0 Å². The van der Waals surface area contributed by atoms with Crippen LogP contribution in [0.1, 0.15) is 355 Å². The van der Waals surface area contributed by atoms with Gasteiger partial charge in [0, 0.05) is 12.8 Å². The number of esters is 1. The lowest BCUT2D eigenvalue weighted by atomic mass is 10.0. The standard InChI is InChI=1S/C75H141N2O7P/c1-7-10-13-16-19-22-25-28-30-32-34-36-37-38-39-41-42-44-46-49-52-55-58-61-64-67-74(78)76-72(71-83-85(80,81)82-70-69-77(4,5)6)73(66-63-60-57-54-51-48-27-24-21-18-15-12-9-3)84-75(79)68-65-62-59-56-53-50-47-45-43-40-35-33-31-29-26-23-20-17-14-11-8-2/h19-20,22-23,28-31,63,66,72-73H,7-18,21,24-27,32-62,64-65,67-71H2,1-6H3,(H-,76,78,80,81)/b22-19-,23-20-,30-28-,31-29-,66-63-. The van der Waals surface area contributed by atoms with E-state index < -0.39 is 20.0 Å². The molecule has 0 aliphatic rings. The summed E-state index contributed by atoms with van der Waals surface area (Å²) < 4.78 is 30.5. The zero-order chi connectivity index (χ0) is 62.1. The van der Waals surface area contributed by atoms with Crippen molar-refractivity contribution in [2.24, 2.45) is 0 Å². The van der Waals surface area contributed by atoms with Gasteiger partial charge in [0.1, 0.15) is 19.3 Å². The van der Waals surface area contributed by atoms with Crippen LogP contribution in [0.2, 0.25) is 0 Å². The number of phosphoric acid groups is 1. The van der Waals surface area contributed by atoms with Crippen molar-refractivity contribution in [2.75, 3.05) is 40.9 Å². The molecular weight excluding hydrogens is 1070 g/mol. The van der Waals surface area contributed by atoms with Crippen LogP contribution in [0.4, 0.5) is 0 Å². The molecule has 0 spiro atoms. The normalized spacial score (nSPS) is 13.8. The Morgan fingerprint density at radius 3 is 1.08 bits per heavy atom. The predicted octanol–water partition coefficient (Wildman–Crippen LogP) is 22.7. The number of nitrogens with one attached hydrogen (secondary N) is 1. The van der Waals surface area contributed by atoms with Crippen LogP contribution in [0.25, 0.3) is 0 Å². The summed E-state index contributed by atoms with van der Waals surface area (Å²) in [5.74, 6) is -0.528. The molecule has 0 aliphatic heterocycles. The summed E-state index contributed by atoms with van der Waals surface area (Å²) in [6.07, 6.45) is 83.4. The molecule has 0 rings (SSSR count). The van der Waals surface area contributed by atoms with Crippen molar-refractivity contribution >= 4 is 19.7 Å². The van der Waals surface area contributed by atoms with Gasteiger partial charge in [0.25, 0.3) is 7.82 Å². The van der Waals surface area contributed by atoms with Crippen molar-refractivity contribution in [3.05, 3.63) is 60.8 Å². The smallest absolute Gasteiger partial charge is 0.306 e. The Labute approximate surface area is 528 Å². The minimum absolute atomic E-state index is 0.0220. The fourth-order valence-electron chi connectivity index (χ4n) is 10.8. The molecule has 0 aliphatic carbocycles. The number of hydrogen-bond donors (Lipinski definition) is 1. The number of nitrogens with zero attached hydrogens (tertiary/aromatic N) is 1. The van der Waals surface area contributed by atoms with E-state index in [1.54, 1.807) is 0 Å². The van der Waals surface area contributed by atoms with Gasteiger partial charge in [-0.05, 0) is 96.0 Å². The second-order valence-corrected chi connectivity index (χ2v) is 27.5. The first kappa shape index (κ1) is 82.7. The molecule has 0 bridgehead atoms. The van der Waals surface area contributed by atoms with Crippen molar-refractivity contribution in [1.29, 1.82) is 0 Å². The lowest BCUT2D eigenvalue weighted by Crippen LogP contribution is -2.47. The fraction of sp³-hybridized carbons (Fsp3) is 0.840. The van der Waals surface area contributed by atoms with Gasteiger partial charge in [-0.25, -0.2) is 0 Å². The highest BCUT2D eigenvalue weighted by Crippen LogP contribution is 2.38. The average molecular weight is 1210 g/mol. The van der Waals surface area contributed by atoms with Gasteiger partial charge in [-0.3, -0.25) is 14.2 Å². The van der Waals surface area contributed by atoms with Crippen molar-refractivity contribution in [1.82, 2.24) is 5.32 Å². The van der Waals surface area contributed by atoms with Crippen molar-refractivity contribution < 1.29 is 37.3 Å². The van der Waals surface area contributed by atoms with Crippen molar-refractivity contribution in [3.63, 3.8) is 0 Å². The zero-order valence-electron chi connectivity index (χ0n) is 57.1. The quantitative estimate of drug-likeness (QED) is 0.0212. The van der Waals surface area contributed by atoms with E-state index in [0.29, 0.717) is 17.4 Å². The van der Waals surface area contributed by atoms with Crippen LogP contribution < -0.4 is 10.2 Å². The minimum Gasteiger partial charge on any atom is -0.756 e. The van der Waals surface area contributed by atoms with Crippen LogP contribution in [-0.2, 0) is 27.9 Å². The highest BCUT2D eigenvalue weighted by Gasteiger charge is 2.27. The molecule has 85 heavy (non-hydrogen) atoms. The number of phosphoric ester groups is 1. The summed E-state index contributed by atoms with van der Waals surface area (Å²) >= 11 is 0. The van der Waals surface area contributed by atoms with Crippen LogP contribution >= 0.6 is 7.82 Å². The molecular formula is C75H141N2O7P. The number of ether oxygens (including phenoxy) is 1. The Balaban J connectivity index is 5.05. The number of amides is 1. The summed E-state index contributed by atoms with van der Waals surface area (Å²) in [5, 5.41) is 3.05. The Hall–Kier alpha value is -2.29. The van der Waals surface area contributed by atoms with E-state index in [-0.39, 0.29) is 31.5 Å². The van der Waals surface area contributed by atoms with E-state index in [0.717, 1.165) is 70.6 Å². The van der Waals surface area contributed by atoms with Crippen LogP contribution in [-0.4, -0.2) is 69.4 Å². The molecule has 0 radical (unpaired) electrons. The summed E-state index contributed by atoms with van der Waals surface area (Å²) in [5.41, 5.74) is 0. The first-order valence-electron chi connectivity index (χ1n) is 36.6. The second kappa shape index (κ2) is 64.7. The molecule has 0 aromatic carbocycles. The molecule has 10 heteroatoms. The van der Waals surface area contributed by atoms with Gasteiger partial charge in [0.2, 0.25) is 5.91 Å². The minimum atomic E-state index is -4.71. The number of unbranched alkanes of at least 4 members (excludes halogenated alkanes) is 43. The number of hydrogen-bond acceptors (Lipinski definition) is 7. The number of carbonyl (C=O) groups excluding carboxylic acids is 2. The monoisotopic (exact) mass is 1210 g/mol. The Kier molecular flexibility index (Phi) is 62.9. The molecule has 9 nitrogen and oxygen atoms in total. The van der Waals surface area contributed by atoms with Crippen LogP contribution in [0.5, 0.6) is 0 Å². The molecule has 0 aromatic rings. The number of likely N-dealkylation sites (N-methyl/N-ethyl adjacent to an activating group) is 1. The Morgan fingerprint density at radius 2 is 0.718 bits per heavy atom. The molecule has 0 saturated heterocycles. The molecule has 0 saturated carbocycles. The summed E-state index contributed by atoms with van der Waals surface area (Å²) in [6, 6.07) is -0.890. The number of quaternary nitrogens is 1. The van der Waals surface area contributed by atoms with Gasteiger partial charge in [0.05, 0.1) is 33.8 Å². The third-order valence-corrected chi connectivity index (χ3v) is 17.4. The van der Waals surface area contributed by atoms with Gasteiger partial charge in [0.15, 0.2) is 0 Å². The predicted molar refractivity (Wildman–Crippen MR) is 367 cm³/mol. The van der Waals surface area contributed by atoms with E-state index in [2.05, 4.69) is 74.7 Å². The molecule has 0 fully saturated rings. The SMILES string of the molecule is CCCCC/C=C\C/C=C\CCCCCCCCCCCCCCCCCC(=O)NC(COP(=O)([O-])OCC[N+](C)(C)C)C(/C=C\CCCCCCCCCCCCC)OC(=O)CCCCCCCCCCCCC/C=C\C/C=C\CCCCC. The van der Waals surface area contributed by atoms with Gasteiger partial charge in [-0.1, -0.05) is 307 Å². The molecule has 498 valence electrons. The van der Waals surface area contributed by atoms with E-state index in [4.69, 9.17) is 13.8 Å². The van der Waals surface area contributed by atoms with E-state index in [1.165, 1.54) is 250 Å². The lowest BCUT2D eigenvalue weighted by molar-refractivity contribution is -0.870. The third kappa shape index (κ3) is 66.0. The summed E-state index contributed by atoms with van der Waals surface area (Å²) in [6.45, 7) is 6.84. The fourth-order valence-corrected chi connectivity index (χ4v) is 11.5. The molecule has 3 unspecified atom stereocenters. The number of allylic oxidation sites excluding steroid dienone is 9. The summed E-state index contributed by atoms with van der Waals surface area (Å²) in [4.78, 5) is 40.2. The van der Waals surface area contributed by atoms with Gasteiger partial charge >= 0.3 is 5.97 Å². The first-order chi connectivity index (χ1) is 41.4. The maximum atomic E-state index is 13.6. The maximum absolute atomic E-state index is 13.6. The number of rotatable bonds is 67. The first-order valence-corrected chi connectivity index (χ1v) is 38.1. The molecule has 1 amide bonds. The highest BCUT2D eigenvalue weighted by molar-refractivity contribution is 7.45. The average Bonchev–Trinajstić information content (AvgIpc) is 3.64. The maximum Gasteiger partial charge on any atom is 0.306 e. The van der Waals surface area contributed by atoms with E-state index >= 15 is 0 Å². The van der Waals surface area contributed by atoms with Crippen molar-refractivity contribution in [2.45, 2.75) is 367 Å². The van der Waals surface area contributed by atoms with Crippen molar-refractivity contribution in [3.8, 4) is 0 Å². The molecule has 1 N–H and O–H groups in total. The van der Waals surface area contributed by atoms with E-state index in [9.17, 15) is 19.0 Å². The lowest BCUT2D eigenvalue weighted by Gasteiger charge is -2.30. The molecule has 3 atom stereocenters. The van der Waals surface area contributed by atoms with Gasteiger partial charge < -0.3 is 28.5 Å². The Morgan fingerprint density at radius 1 is 0.412 bits per heavy atom. The molecule has 0 aromatic heterocycles. The van der Waals surface area contributed by atoms with Crippen LogP contribution in [0, 0.1) is 0 Å². The summed E-state index contributed by atoms with van der Waals surface area (Å²) in [7, 11) is 1.19. The highest BCUT2D eigenvalue weighted by atomic mass is 31.2. The Bertz CT molecular complexity index is 1640. The van der Waals surface area contributed by atoms with Gasteiger partial charge in [-0.2, -0.15) is 0 Å². The number of carbonyl (C=O) groups is 2.